The summed E-state index contributed by atoms with van der Waals surface area (Å²) in [4.78, 5) is 26.0. The molecule has 2 aromatic carbocycles. The summed E-state index contributed by atoms with van der Waals surface area (Å²) in [5.41, 5.74) is 0.559. The highest BCUT2D eigenvalue weighted by Crippen LogP contribution is 2.28. The van der Waals surface area contributed by atoms with Crippen LogP contribution in [0.15, 0.2) is 47.4 Å². The van der Waals surface area contributed by atoms with Gasteiger partial charge in [-0.25, -0.2) is 17.5 Å². The molecule has 37 heavy (non-hydrogen) atoms. The van der Waals surface area contributed by atoms with Gasteiger partial charge in [0.2, 0.25) is 15.9 Å². The second-order valence-electron chi connectivity index (χ2n) is 9.17. The van der Waals surface area contributed by atoms with E-state index in [1.54, 1.807) is 0 Å². The van der Waals surface area contributed by atoms with Crippen molar-refractivity contribution >= 4 is 27.5 Å². The Hall–Kier alpha value is -3.06. The molecule has 4 N–H and O–H groups in total. The smallest absolute Gasteiger partial charge is 0.251 e. The first-order valence-corrected chi connectivity index (χ1v) is 13.6. The molecule has 2 aliphatic rings. The Bertz CT molecular complexity index is 1210. The van der Waals surface area contributed by atoms with Crippen molar-refractivity contribution in [2.24, 2.45) is 5.92 Å². The molecule has 2 aromatic rings. The zero-order valence-electron chi connectivity index (χ0n) is 20.5. The van der Waals surface area contributed by atoms with Crippen LogP contribution in [0.1, 0.15) is 29.6 Å². The molecule has 4 rings (SSSR count). The largest absolute Gasteiger partial charge is 0.495 e. The first-order valence-electron chi connectivity index (χ1n) is 12.1. The topological polar surface area (TPSA) is 135 Å². The molecule has 0 aliphatic carbocycles. The van der Waals surface area contributed by atoms with Gasteiger partial charge < -0.3 is 25.4 Å². The van der Waals surface area contributed by atoms with Crippen molar-refractivity contribution < 1.29 is 31.9 Å². The third kappa shape index (κ3) is 7.04. The molecule has 2 aliphatic heterocycles. The number of hydrogen-bond acceptors (Lipinski definition) is 7. The molecule has 2 fully saturated rings. The molecule has 0 radical (unpaired) electrons. The molecular weight excluding hydrogens is 503 g/mol. The van der Waals surface area contributed by atoms with E-state index in [1.807, 2.05) is 0 Å². The number of amides is 2. The van der Waals surface area contributed by atoms with Gasteiger partial charge in [0, 0.05) is 17.3 Å². The normalized spacial score (nSPS) is 17.5. The van der Waals surface area contributed by atoms with Gasteiger partial charge in [-0.3, -0.25) is 9.59 Å². The number of carbonyl (C=O) groups excluding carboxylic acids is 2. The highest BCUT2D eigenvalue weighted by molar-refractivity contribution is 7.89. The fraction of sp³-hybridized carbons (Fsp3) is 0.440. The van der Waals surface area contributed by atoms with Gasteiger partial charge in [-0.15, -0.1) is 0 Å². The molecule has 2 amide bonds. The van der Waals surface area contributed by atoms with Gasteiger partial charge in [0.25, 0.3) is 5.91 Å². The van der Waals surface area contributed by atoms with Crippen LogP contribution in [0.5, 0.6) is 5.75 Å². The number of sulfonamides is 1. The molecule has 0 bridgehead atoms. The van der Waals surface area contributed by atoms with E-state index in [0.717, 1.165) is 25.9 Å². The van der Waals surface area contributed by atoms with Gasteiger partial charge in [0.1, 0.15) is 22.5 Å². The maximum Gasteiger partial charge on any atom is 0.251 e. The van der Waals surface area contributed by atoms with Gasteiger partial charge in [-0.05, 0) is 74.7 Å². The van der Waals surface area contributed by atoms with Crippen LogP contribution in [0.25, 0.3) is 0 Å². The lowest BCUT2D eigenvalue weighted by Crippen LogP contribution is -2.48. The second kappa shape index (κ2) is 12.0. The fourth-order valence-corrected chi connectivity index (χ4v) is 5.66. The summed E-state index contributed by atoms with van der Waals surface area (Å²) in [6, 6.07) is 8.19. The molecule has 200 valence electrons. The third-order valence-electron chi connectivity index (χ3n) is 6.44. The first kappa shape index (κ1) is 27.0. The molecule has 2 saturated heterocycles. The van der Waals surface area contributed by atoms with Gasteiger partial charge >= 0.3 is 0 Å². The monoisotopic (exact) mass is 534 g/mol. The lowest BCUT2D eigenvalue weighted by atomic mass is 9.90. The number of methoxy groups -OCH3 is 1. The Kier molecular flexibility index (Phi) is 8.75. The summed E-state index contributed by atoms with van der Waals surface area (Å²) < 4.78 is 51.6. The molecule has 10 nitrogen and oxygen atoms in total. The highest BCUT2D eigenvalue weighted by Gasteiger charge is 2.29. The van der Waals surface area contributed by atoms with E-state index in [0.29, 0.717) is 25.3 Å². The number of halogens is 1. The summed E-state index contributed by atoms with van der Waals surface area (Å²) in [7, 11) is -2.51. The van der Waals surface area contributed by atoms with Gasteiger partial charge in [-0.1, -0.05) is 0 Å². The number of carbonyl (C=O) groups is 2. The van der Waals surface area contributed by atoms with E-state index in [1.165, 1.54) is 49.6 Å². The molecule has 1 atom stereocenters. The zero-order chi connectivity index (χ0) is 26.4. The van der Waals surface area contributed by atoms with Gasteiger partial charge in [0.15, 0.2) is 0 Å². The quantitative estimate of drug-likeness (QED) is 0.364. The highest BCUT2D eigenvalue weighted by atomic mass is 32.2. The third-order valence-corrected chi connectivity index (χ3v) is 8.00. The molecule has 0 spiro atoms. The van der Waals surface area contributed by atoms with E-state index < -0.39 is 33.7 Å². The van der Waals surface area contributed by atoms with Gasteiger partial charge in [0.05, 0.1) is 26.4 Å². The number of ether oxygens (including phenoxy) is 2. The van der Waals surface area contributed by atoms with Crippen molar-refractivity contribution in [2.45, 2.75) is 36.2 Å². The van der Waals surface area contributed by atoms with E-state index in [-0.39, 0.29) is 28.2 Å². The number of benzene rings is 2. The average Bonchev–Trinajstić information content (AvgIpc) is 2.86. The molecule has 1 unspecified atom stereocenters. The van der Waals surface area contributed by atoms with E-state index in [9.17, 15) is 22.4 Å². The summed E-state index contributed by atoms with van der Waals surface area (Å²) in [5.74, 6) is -1.10. The Morgan fingerprint density at radius 2 is 1.84 bits per heavy atom. The molecule has 0 saturated carbocycles. The lowest BCUT2D eigenvalue weighted by Gasteiger charge is -2.27. The standard InChI is InChI=1S/C25H31FN4O6S/c1-35-22-13-19(6-7-23(22)37(33,34)30-20-14-36-15-20)28-25(32)21(12-16-8-10-27-11-9-16)29-24(31)17-2-4-18(26)5-3-17/h2-7,13,16,20-21,27,30H,8-12,14-15H2,1H3,(H,28,32)(H,29,31). The molecular formula is C25H31FN4O6S. The van der Waals surface area contributed by atoms with Crippen molar-refractivity contribution in [3.8, 4) is 5.75 Å². The minimum atomic E-state index is -3.85. The van der Waals surface area contributed by atoms with Crippen molar-refractivity contribution in [1.82, 2.24) is 15.4 Å². The summed E-state index contributed by atoms with van der Waals surface area (Å²) in [6.45, 7) is 2.27. The Labute approximate surface area is 215 Å². The Morgan fingerprint density at radius 3 is 2.46 bits per heavy atom. The van der Waals surface area contributed by atoms with Crippen LogP contribution in [0.4, 0.5) is 10.1 Å². The maximum atomic E-state index is 13.3. The zero-order valence-corrected chi connectivity index (χ0v) is 21.3. The summed E-state index contributed by atoms with van der Waals surface area (Å²) >= 11 is 0. The minimum absolute atomic E-state index is 0.0595. The van der Waals surface area contributed by atoms with Crippen molar-refractivity contribution in [2.75, 3.05) is 38.7 Å². The van der Waals surface area contributed by atoms with Crippen LogP contribution < -0.4 is 25.4 Å². The lowest BCUT2D eigenvalue weighted by molar-refractivity contribution is -0.118. The van der Waals surface area contributed by atoms with Crippen LogP contribution in [0.2, 0.25) is 0 Å². The van der Waals surface area contributed by atoms with Crippen LogP contribution in [0, 0.1) is 11.7 Å². The Morgan fingerprint density at radius 1 is 1.14 bits per heavy atom. The number of hydrogen-bond donors (Lipinski definition) is 4. The van der Waals surface area contributed by atoms with Crippen LogP contribution in [-0.4, -0.2) is 65.7 Å². The van der Waals surface area contributed by atoms with Crippen molar-refractivity contribution in [3.63, 3.8) is 0 Å². The van der Waals surface area contributed by atoms with E-state index in [2.05, 4.69) is 20.7 Å². The fourth-order valence-electron chi connectivity index (χ4n) is 4.31. The number of piperidine rings is 1. The summed E-state index contributed by atoms with van der Waals surface area (Å²) in [6.07, 6.45) is 2.17. The van der Waals surface area contributed by atoms with Crippen molar-refractivity contribution in [1.29, 1.82) is 0 Å². The van der Waals surface area contributed by atoms with Gasteiger partial charge in [-0.2, -0.15) is 0 Å². The number of anilines is 1. The predicted molar refractivity (Wildman–Crippen MR) is 134 cm³/mol. The minimum Gasteiger partial charge on any atom is -0.495 e. The Balaban J connectivity index is 1.50. The van der Waals surface area contributed by atoms with Crippen LogP contribution in [-0.2, 0) is 19.6 Å². The van der Waals surface area contributed by atoms with E-state index in [4.69, 9.17) is 9.47 Å². The molecule has 2 heterocycles. The second-order valence-corrected chi connectivity index (χ2v) is 10.9. The van der Waals surface area contributed by atoms with Crippen molar-refractivity contribution in [3.05, 3.63) is 53.8 Å². The maximum absolute atomic E-state index is 13.3. The number of nitrogens with one attached hydrogen (secondary N) is 4. The van der Waals surface area contributed by atoms with E-state index >= 15 is 0 Å². The molecule has 12 heteroatoms. The van der Waals surface area contributed by atoms with Crippen LogP contribution in [0.3, 0.4) is 0 Å². The van der Waals surface area contributed by atoms with Crippen LogP contribution >= 0.6 is 0 Å². The predicted octanol–water partition coefficient (Wildman–Crippen LogP) is 1.64. The number of rotatable bonds is 10. The SMILES string of the molecule is COc1cc(NC(=O)C(CC2CCNCC2)NC(=O)c2ccc(F)cc2)ccc1S(=O)(=O)NC1COC1. The first-order chi connectivity index (χ1) is 17.7. The molecule has 0 aromatic heterocycles. The summed E-state index contributed by atoms with van der Waals surface area (Å²) in [5, 5.41) is 8.83. The average molecular weight is 535 g/mol.